The fraction of sp³-hybridized carbons (Fsp3) is 0.222. The summed E-state index contributed by atoms with van der Waals surface area (Å²) < 4.78 is 0. The number of aryl methyl sites for hydroxylation is 1. The summed E-state index contributed by atoms with van der Waals surface area (Å²) in [6.45, 7) is 2.80. The zero-order chi connectivity index (χ0) is 17.1. The summed E-state index contributed by atoms with van der Waals surface area (Å²) in [5.41, 5.74) is 4.28. The molecule has 0 spiro atoms. The van der Waals surface area contributed by atoms with Gasteiger partial charge in [0.05, 0.1) is 10.7 Å². The van der Waals surface area contributed by atoms with E-state index in [9.17, 15) is 4.79 Å². The number of hydrogen-bond acceptors (Lipinski definition) is 4. The molecule has 24 heavy (non-hydrogen) atoms. The summed E-state index contributed by atoms with van der Waals surface area (Å²) in [4.78, 5) is 22.0. The number of aromatic nitrogens is 2. The molecule has 0 unspecified atom stereocenters. The molecule has 1 amide bonds. The minimum absolute atomic E-state index is 0.157. The topological polar surface area (TPSA) is 61.0 Å². The Kier molecular flexibility index (Phi) is 4.78. The van der Waals surface area contributed by atoms with Crippen LogP contribution < -0.4 is 5.32 Å². The van der Waals surface area contributed by atoms with Crippen LogP contribution >= 0.6 is 11.3 Å². The standard InChI is InChI=1S/C18H20N4OS/c1-12-20-17(11-24-12)14-8-16(19-9-14)18(23)21-15-6-4-5-13(7-15)10-22(2)3/h4-9,11,19H,10H2,1-3H3,(H,21,23). The first-order valence-electron chi connectivity index (χ1n) is 7.67. The van der Waals surface area contributed by atoms with Crippen molar-refractivity contribution in [1.29, 1.82) is 0 Å². The molecule has 0 fully saturated rings. The Bertz CT molecular complexity index is 850. The quantitative estimate of drug-likeness (QED) is 0.743. The molecule has 5 nitrogen and oxygen atoms in total. The summed E-state index contributed by atoms with van der Waals surface area (Å²) in [7, 11) is 4.04. The molecule has 1 aromatic carbocycles. The highest BCUT2D eigenvalue weighted by Crippen LogP contribution is 2.22. The number of rotatable bonds is 5. The Morgan fingerprint density at radius 3 is 2.88 bits per heavy atom. The lowest BCUT2D eigenvalue weighted by atomic mass is 10.2. The summed E-state index contributed by atoms with van der Waals surface area (Å²) in [5, 5.41) is 5.94. The van der Waals surface area contributed by atoms with Crippen molar-refractivity contribution in [1.82, 2.24) is 14.9 Å². The number of carbonyl (C=O) groups excluding carboxylic acids is 1. The molecule has 2 N–H and O–H groups in total. The van der Waals surface area contributed by atoms with E-state index < -0.39 is 0 Å². The van der Waals surface area contributed by atoms with Gasteiger partial charge in [-0.25, -0.2) is 4.98 Å². The van der Waals surface area contributed by atoms with Crippen LogP contribution in [0.3, 0.4) is 0 Å². The van der Waals surface area contributed by atoms with Crippen LogP contribution in [0, 0.1) is 6.92 Å². The van der Waals surface area contributed by atoms with Crippen molar-refractivity contribution in [3.8, 4) is 11.3 Å². The second-order valence-electron chi connectivity index (χ2n) is 5.95. The van der Waals surface area contributed by atoms with Crippen LogP contribution in [0.15, 0.2) is 41.9 Å². The van der Waals surface area contributed by atoms with Crippen LogP contribution in [0.1, 0.15) is 21.1 Å². The average molecular weight is 340 g/mol. The van der Waals surface area contributed by atoms with Crippen LogP contribution in [0.2, 0.25) is 0 Å². The lowest BCUT2D eigenvalue weighted by Gasteiger charge is -2.11. The van der Waals surface area contributed by atoms with E-state index in [0.717, 1.165) is 34.1 Å². The number of thiazole rings is 1. The first-order valence-corrected chi connectivity index (χ1v) is 8.55. The van der Waals surface area contributed by atoms with E-state index in [1.807, 2.05) is 62.9 Å². The van der Waals surface area contributed by atoms with Gasteiger partial charge in [0, 0.05) is 29.4 Å². The Hall–Kier alpha value is -2.44. The van der Waals surface area contributed by atoms with Gasteiger partial charge in [0.2, 0.25) is 0 Å². The summed E-state index contributed by atoms with van der Waals surface area (Å²) in [6, 6.07) is 9.71. The molecule has 0 aliphatic rings. The van der Waals surface area contributed by atoms with Gasteiger partial charge in [0.1, 0.15) is 5.69 Å². The number of anilines is 1. The van der Waals surface area contributed by atoms with Crippen LogP contribution in [0.25, 0.3) is 11.3 Å². The maximum absolute atomic E-state index is 12.4. The van der Waals surface area contributed by atoms with Crippen molar-refractivity contribution in [2.75, 3.05) is 19.4 Å². The number of nitrogens with one attached hydrogen (secondary N) is 2. The largest absolute Gasteiger partial charge is 0.357 e. The number of amides is 1. The minimum Gasteiger partial charge on any atom is -0.357 e. The molecule has 2 heterocycles. The fourth-order valence-corrected chi connectivity index (χ4v) is 3.10. The van der Waals surface area contributed by atoms with Crippen molar-refractivity contribution in [2.24, 2.45) is 0 Å². The van der Waals surface area contributed by atoms with Crippen LogP contribution in [0.4, 0.5) is 5.69 Å². The zero-order valence-electron chi connectivity index (χ0n) is 14.0. The van der Waals surface area contributed by atoms with Crippen molar-refractivity contribution >= 4 is 22.9 Å². The second-order valence-corrected chi connectivity index (χ2v) is 7.01. The highest BCUT2D eigenvalue weighted by molar-refractivity contribution is 7.09. The highest BCUT2D eigenvalue weighted by atomic mass is 32.1. The molecule has 2 aromatic heterocycles. The molecule has 124 valence electrons. The summed E-state index contributed by atoms with van der Waals surface area (Å²) >= 11 is 1.60. The van der Waals surface area contributed by atoms with Crippen LogP contribution in [0.5, 0.6) is 0 Å². The molecule has 0 bridgehead atoms. The number of aromatic amines is 1. The summed E-state index contributed by atoms with van der Waals surface area (Å²) in [5.74, 6) is -0.157. The lowest BCUT2D eigenvalue weighted by Crippen LogP contribution is -2.13. The average Bonchev–Trinajstić information content (AvgIpc) is 3.15. The van der Waals surface area contributed by atoms with E-state index in [4.69, 9.17) is 0 Å². The van der Waals surface area contributed by atoms with Gasteiger partial charge < -0.3 is 15.2 Å². The van der Waals surface area contributed by atoms with Gasteiger partial charge in [-0.1, -0.05) is 12.1 Å². The molecule has 3 rings (SSSR count). The molecule has 0 atom stereocenters. The predicted octanol–water partition coefficient (Wildman–Crippen LogP) is 3.76. The van der Waals surface area contributed by atoms with Crippen LogP contribution in [-0.4, -0.2) is 34.9 Å². The molecular weight excluding hydrogens is 320 g/mol. The maximum Gasteiger partial charge on any atom is 0.272 e. The van der Waals surface area contributed by atoms with Crippen molar-refractivity contribution in [3.63, 3.8) is 0 Å². The zero-order valence-corrected chi connectivity index (χ0v) is 14.8. The van der Waals surface area contributed by atoms with E-state index in [-0.39, 0.29) is 5.91 Å². The first-order chi connectivity index (χ1) is 11.5. The molecule has 0 saturated carbocycles. The van der Waals surface area contributed by atoms with Gasteiger partial charge >= 0.3 is 0 Å². The number of benzene rings is 1. The third kappa shape index (κ3) is 3.90. The minimum atomic E-state index is -0.157. The van der Waals surface area contributed by atoms with Crippen molar-refractivity contribution in [3.05, 3.63) is 58.2 Å². The van der Waals surface area contributed by atoms with E-state index in [2.05, 4.69) is 20.2 Å². The van der Waals surface area contributed by atoms with Crippen LogP contribution in [-0.2, 0) is 6.54 Å². The Morgan fingerprint density at radius 1 is 1.33 bits per heavy atom. The maximum atomic E-state index is 12.4. The molecular formula is C18H20N4OS. The Morgan fingerprint density at radius 2 is 2.17 bits per heavy atom. The third-order valence-electron chi connectivity index (χ3n) is 3.53. The van der Waals surface area contributed by atoms with Gasteiger partial charge in [-0.2, -0.15) is 0 Å². The number of H-pyrrole nitrogens is 1. The normalized spacial score (nSPS) is 11.0. The predicted molar refractivity (Wildman–Crippen MR) is 98.4 cm³/mol. The SMILES string of the molecule is Cc1nc(-c2c[nH]c(C(=O)Nc3cccc(CN(C)C)c3)c2)cs1. The Labute approximate surface area is 145 Å². The molecule has 0 aliphatic carbocycles. The molecule has 6 heteroatoms. The van der Waals surface area contributed by atoms with Gasteiger partial charge in [0.15, 0.2) is 0 Å². The van der Waals surface area contributed by atoms with Gasteiger partial charge in [-0.05, 0) is 44.8 Å². The van der Waals surface area contributed by atoms with Gasteiger partial charge in [-0.3, -0.25) is 4.79 Å². The third-order valence-corrected chi connectivity index (χ3v) is 4.30. The van der Waals surface area contributed by atoms with Gasteiger partial charge in [-0.15, -0.1) is 11.3 Å². The van der Waals surface area contributed by atoms with Gasteiger partial charge in [0.25, 0.3) is 5.91 Å². The summed E-state index contributed by atoms with van der Waals surface area (Å²) in [6.07, 6.45) is 1.81. The van der Waals surface area contributed by atoms with E-state index in [0.29, 0.717) is 5.69 Å². The fourth-order valence-electron chi connectivity index (χ4n) is 2.48. The smallest absolute Gasteiger partial charge is 0.272 e. The first kappa shape index (κ1) is 16.4. The lowest BCUT2D eigenvalue weighted by molar-refractivity contribution is 0.102. The molecule has 0 aliphatic heterocycles. The van der Waals surface area contributed by atoms with E-state index >= 15 is 0 Å². The van der Waals surface area contributed by atoms with Crippen molar-refractivity contribution < 1.29 is 4.79 Å². The van der Waals surface area contributed by atoms with Crippen molar-refractivity contribution in [2.45, 2.75) is 13.5 Å². The monoisotopic (exact) mass is 340 g/mol. The molecule has 0 radical (unpaired) electrons. The number of hydrogen-bond donors (Lipinski definition) is 2. The Balaban J connectivity index is 1.72. The number of nitrogens with zero attached hydrogens (tertiary/aromatic N) is 2. The molecule has 3 aromatic rings. The van der Waals surface area contributed by atoms with E-state index in [1.54, 1.807) is 11.3 Å². The second kappa shape index (κ2) is 6.98. The number of carbonyl (C=O) groups is 1. The van der Waals surface area contributed by atoms with E-state index in [1.165, 1.54) is 0 Å². The highest BCUT2D eigenvalue weighted by Gasteiger charge is 2.11. The molecule has 0 saturated heterocycles.